The lowest BCUT2D eigenvalue weighted by atomic mass is 10.1. The zero-order valence-electron chi connectivity index (χ0n) is 17.1. The molecule has 2 aromatic rings. The van der Waals surface area contributed by atoms with E-state index >= 15 is 0 Å². The predicted octanol–water partition coefficient (Wildman–Crippen LogP) is 3.81. The Hall–Kier alpha value is -3.09. The second-order valence-electron chi connectivity index (χ2n) is 7.42. The molecule has 1 unspecified atom stereocenters. The molecule has 7 heteroatoms. The van der Waals surface area contributed by atoms with E-state index in [1.165, 1.54) is 13.2 Å². The summed E-state index contributed by atoms with van der Waals surface area (Å²) in [6.45, 7) is 5.79. The van der Waals surface area contributed by atoms with Crippen LogP contribution >= 0.6 is 0 Å². The SMILES string of the molecule is COc1ccc(N(CC(=O)N2c3ccccc3NC(=O)CC2C)C(C)C)cc1F. The number of ether oxygens (including phenoxy) is 1. The summed E-state index contributed by atoms with van der Waals surface area (Å²) in [5.74, 6) is -0.612. The van der Waals surface area contributed by atoms with E-state index < -0.39 is 5.82 Å². The fraction of sp³-hybridized carbons (Fsp3) is 0.364. The van der Waals surface area contributed by atoms with Crippen LogP contribution in [0.2, 0.25) is 0 Å². The second-order valence-corrected chi connectivity index (χ2v) is 7.42. The van der Waals surface area contributed by atoms with E-state index in [-0.39, 0.29) is 42.6 Å². The van der Waals surface area contributed by atoms with Crippen molar-refractivity contribution in [3.63, 3.8) is 0 Å². The van der Waals surface area contributed by atoms with E-state index in [1.807, 2.05) is 43.9 Å². The number of carbonyl (C=O) groups is 2. The van der Waals surface area contributed by atoms with Crippen molar-refractivity contribution < 1.29 is 18.7 Å². The first kappa shape index (κ1) is 20.6. The number of fused-ring (bicyclic) bond motifs is 1. The monoisotopic (exact) mass is 399 g/mol. The van der Waals surface area contributed by atoms with E-state index in [2.05, 4.69) is 5.32 Å². The van der Waals surface area contributed by atoms with Crippen LogP contribution in [0.3, 0.4) is 0 Å². The molecule has 0 aromatic heterocycles. The maximum Gasteiger partial charge on any atom is 0.246 e. The van der Waals surface area contributed by atoms with Crippen LogP contribution in [0.5, 0.6) is 5.75 Å². The number of methoxy groups -OCH3 is 1. The zero-order valence-corrected chi connectivity index (χ0v) is 17.1. The molecule has 1 aliphatic rings. The fourth-order valence-corrected chi connectivity index (χ4v) is 3.60. The molecule has 2 amide bonds. The molecule has 1 heterocycles. The van der Waals surface area contributed by atoms with Crippen molar-refractivity contribution in [2.24, 2.45) is 0 Å². The van der Waals surface area contributed by atoms with Gasteiger partial charge in [0.05, 0.1) is 25.0 Å². The highest BCUT2D eigenvalue weighted by Gasteiger charge is 2.31. The Morgan fingerprint density at radius 2 is 2.03 bits per heavy atom. The molecular formula is C22H26FN3O3. The summed E-state index contributed by atoms with van der Waals surface area (Å²) in [4.78, 5) is 29.0. The number of hydrogen-bond acceptors (Lipinski definition) is 4. The summed E-state index contributed by atoms with van der Waals surface area (Å²) in [5, 5.41) is 2.86. The van der Waals surface area contributed by atoms with Crippen molar-refractivity contribution in [3.8, 4) is 5.75 Å². The number of nitrogens with zero attached hydrogens (tertiary/aromatic N) is 2. The molecule has 0 saturated carbocycles. The summed E-state index contributed by atoms with van der Waals surface area (Å²) < 4.78 is 19.2. The molecule has 29 heavy (non-hydrogen) atoms. The number of halogens is 1. The van der Waals surface area contributed by atoms with Gasteiger partial charge < -0.3 is 19.9 Å². The topological polar surface area (TPSA) is 61.9 Å². The second kappa shape index (κ2) is 8.51. The van der Waals surface area contributed by atoms with Crippen LogP contribution in [0.4, 0.5) is 21.5 Å². The first-order valence-electron chi connectivity index (χ1n) is 9.63. The molecule has 1 aliphatic heterocycles. The van der Waals surface area contributed by atoms with Crippen molar-refractivity contribution in [2.75, 3.05) is 28.8 Å². The van der Waals surface area contributed by atoms with Crippen LogP contribution in [-0.2, 0) is 9.59 Å². The maximum absolute atomic E-state index is 14.2. The van der Waals surface area contributed by atoms with Gasteiger partial charge in [0.1, 0.15) is 0 Å². The molecule has 6 nitrogen and oxygen atoms in total. The van der Waals surface area contributed by atoms with Crippen LogP contribution in [0.15, 0.2) is 42.5 Å². The first-order valence-corrected chi connectivity index (χ1v) is 9.63. The normalized spacial score (nSPS) is 16.1. The lowest BCUT2D eigenvalue weighted by Crippen LogP contribution is -2.47. The summed E-state index contributed by atoms with van der Waals surface area (Å²) in [7, 11) is 1.41. The quantitative estimate of drug-likeness (QED) is 0.831. The Kier molecular flexibility index (Phi) is 6.06. The lowest BCUT2D eigenvalue weighted by molar-refractivity contribution is -0.118. The van der Waals surface area contributed by atoms with E-state index in [4.69, 9.17) is 4.74 Å². The Balaban J connectivity index is 1.92. The Morgan fingerprint density at radius 3 is 2.69 bits per heavy atom. The van der Waals surface area contributed by atoms with Crippen LogP contribution in [0.25, 0.3) is 0 Å². The number of rotatable bonds is 5. The highest BCUT2D eigenvalue weighted by molar-refractivity contribution is 6.05. The van der Waals surface area contributed by atoms with Crippen molar-refractivity contribution >= 4 is 28.9 Å². The van der Waals surface area contributed by atoms with Crippen molar-refractivity contribution in [2.45, 2.75) is 39.3 Å². The molecule has 0 aliphatic carbocycles. The third-order valence-electron chi connectivity index (χ3n) is 5.02. The third kappa shape index (κ3) is 4.34. The molecule has 0 radical (unpaired) electrons. The minimum absolute atomic E-state index is 0.0379. The van der Waals surface area contributed by atoms with Gasteiger partial charge in [-0.3, -0.25) is 9.59 Å². The van der Waals surface area contributed by atoms with Crippen LogP contribution in [0, 0.1) is 5.82 Å². The average Bonchev–Trinajstić information content (AvgIpc) is 2.79. The van der Waals surface area contributed by atoms with E-state index in [9.17, 15) is 14.0 Å². The zero-order chi connectivity index (χ0) is 21.1. The molecule has 0 saturated heterocycles. The number of hydrogen-bond donors (Lipinski definition) is 1. The standard InChI is InChI=1S/C22H26FN3O3/c1-14(2)25(16-9-10-20(29-4)17(23)12-16)13-22(28)26-15(3)11-21(27)24-18-7-5-6-8-19(18)26/h5-10,12,14-15H,11,13H2,1-4H3,(H,24,27). The molecule has 0 bridgehead atoms. The molecule has 1 N–H and O–H groups in total. The highest BCUT2D eigenvalue weighted by Crippen LogP contribution is 2.32. The number of para-hydroxylation sites is 2. The smallest absolute Gasteiger partial charge is 0.246 e. The van der Waals surface area contributed by atoms with Crippen LogP contribution in [-0.4, -0.2) is 37.6 Å². The number of anilines is 3. The maximum atomic E-state index is 14.2. The largest absolute Gasteiger partial charge is 0.494 e. The fourth-order valence-electron chi connectivity index (χ4n) is 3.60. The van der Waals surface area contributed by atoms with Crippen molar-refractivity contribution in [1.82, 2.24) is 0 Å². The summed E-state index contributed by atoms with van der Waals surface area (Å²) in [5.41, 5.74) is 1.87. The minimum atomic E-state index is -0.480. The third-order valence-corrected chi connectivity index (χ3v) is 5.02. The van der Waals surface area contributed by atoms with Gasteiger partial charge in [0.25, 0.3) is 0 Å². The van der Waals surface area contributed by atoms with Gasteiger partial charge in [-0.1, -0.05) is 12.1 Å². The highest BCUT2D eigenvalue weighted by atomic mass is 19.1. The van der Waals surface area contributed by atoms with Gasteiger partial charge in [-0.25, -0.2) is 4.39 Å². The van der Waals surface area contributed by atoms with Gasteiger partial charge in [-0.05, 0) is 45.0 Å². The molecule has 0 spiro atoms. The van der Waals surface area contributed by atoms with Crippen LogP contribution in [0.1, 0.15) is 27.2 Å². The van der Waals surface area contributed by atoms with Crippen molar-refractivity contribution in [1.29, 1.82) is 0 Å². The minimum Gasteiger partial charge on any atom is -0.494 e. The van der Waals surface area contributed by atoms with Gasteiger partial charge >= 0.3 is 0 Å². The van der Waals surface area contributed by atoms with E-state index in [0.717, 1.165) is 0 Å². The van der Waals surface area contributed by atoms with Gasteiger partial charge in [-0.2, -0.15) is 0 Å². The van der Waals surface area contributed by atoms with E-state index in [0.29, 0.717) is 17.1 Å². The summed E-state index contributed by atoms with van der Waals surface area (Å²) in [6.07, 6.45) is 0.208. The summed E-state index contributed by atoms with van der Waals surface area (Å²) in [6, 6.07) is 11.6. The number of carbonyl (C=O) groups excluding carboxylic acids is 2. The average molecular weight is 399 g/mol. The number of nitrogens with one attached hydrogen (secondary N) is 1. The van der Waals surface area contributed by atoms with Crippen LogP contribution < -0.4 is 19.9 Å². The number of amides is 2. The number of benzene rings is 2. The Bertz CT molecular complexity index is 916. The molecule has 3 rings (SSSR count). The molecule has 154 valence electrons. The lowest BCUT2D eigenvalue weighted by Gasteiger charge is -2.33. The Labute approximate surface area is 170 Å². The molecule has 0 fully saturated rings. The van der Waals surface area contributed by atoms with Crippen molar-refractivity contribution in [3.05, 3.63) is 48.3 Å². The molecule has 1 atom stereocenters. The van der Waals surface area contributed by atoms with E-state index in [1.54, 1.807) is 23.1 Å². The van der Waals surface area contributed by atoms with Gasteiger partial charge in [0.2, 0.25) is 11.8 Å². The first-order chi connectivity index (χ1) is 13.8. The molecule has 2 aromatic carbocycles. The van der Waals surface area contributed by atoms with Gasteiger partial charge in [0, 0.05) is 30.3 Å². The Morgan fingerprint density at radius 1 is 1.31 bits per heavy atom. The van der Waals surface area contributed by atoms with Gasteiger partial charge in [-0.15, -0.1) is 0 Å². The molecular weight excluding hydrogens is 373 g/mol. The summed E-state index contributed by atoms with van der Waals surface area (Å²) >= 11 is 0. The predicted molar refractivity (Wildman–Crippen MR) is 112 cm³/mol. The van der Waals surface area contributed by atoms with Gasteiger partial charge in [0.15, 0.2) is 11.6 Å².